The zero-order chi connectivity index (χ0) is 9.19. The van der Waals surface area contributed by atoms with E-state index in [1.165, 1.54) is 0 Å². The van der Waals surface area contributed by atoms with E-state index in [2.05, 4.69) is 5.92 Å². The average Bonchev–Trinajstić information content (AvgIpc) is 2.03. The van der Waals surface area contributed by atoms with E-state index >= 15 is 0 Å². The lowest BCUT2D eigenvalue weighted by Gasteiger charge is -2.27. The molecular weight excluding hydrogens is 165 g/mol. The van der Waals surface area contributed by atoms with Crippen molar-refractivity contribution in [3.8, 4) is 12.3 Å². The molecule has 0 heterocycles. The number of alkyl halides is 3. The van der Waals surface area contributed by atoms with Crippen LogP contribution in [0.1, 0.15) is 25.7 Å². The second-order valence-electron chi connectivity index (χ2n) is 3.27. The highest BCUT2D eigenvalue weighted by Gasteiger charge is 2.41. The number of rotatable bonds is 0. The molecule has 0 aliphatic heterocycles. The first kappa shape index (κ1) is 9.44. The molecule has 0 amide bonds. The van der Waals surface area contributed by atoms with Gasteiger partial charge in [-0.15, -0.1) is 12.3 Å². The molecular formula is C9H11F3. The molecule has 1 aliphatic carbocycles. The van der Waals surface area contributed by atoms with Crippen LogP contribution >= 0.6 is 0 Å². The fourth-order valence-corrected chi connectivity index (χ4v) is 1.64. The smallest absolute Gasteiger partial charge is 0.171 e. The van der Waals surface area contributed by atoms with Crippen LogP contribution in [0.3, 0.4) is 0 Å². The summed E-state index contributed by atoms with van der Waals surface area (Å²) in [7, 11) is 0. The average molecular weight is 176 g/mol. The van der Waals surface area contributed by atoms with Crippen molar-refractivity contribution in [3.63, 3.8) is 0 Å². The SMILES string of the molecule is C#CC1CCCC(C(F)(F)F)C1. The molecule has 2 unspecified atom stereocenters. The Morgan fingerprint density at radius 2 is 1.92 bits per heavy atom. The van der Waals surface area contributed by atoms with Crippen molar-refractivity contribution in [2.75, 3.05) is 0 Å². The molecule has 0 bridgehead atoms. The normalized spacial score (nSPS) is 31.2. The molecule has 68 valence electrons. The maximum atomic E-state index is 12.2. The van der Waals surface area contributed by atoms with Crippen LogP contribution in [0.15, 0.2) is 0 Å². The molecule has 0 radical (unpaired) electrons. The summed E-state index contributed by atoms with van der Waals surface area (Å²) < 4.78 is 36.5. The van der Waals surface area contributed by atoms with Crippen molar-refractivity contribution in [2.45, 2.75) is 31.9 Å². The molecule has 0 saturated heterocycles. The van der Waals surface area contributed by atoms with E-state index < -0.39 is 12.1 Å². The molecule has 0 aromatic heterocycles. The third-order valence-corrected chi connectivity index (χ3v) is 2.37. The minimum Gasteiger partial charge on any atom is -0.171 e. The van der Waals surface area contributed by atoms with Gasteiger partial charge in [0.25, 0.3) is 0 Å². The van der Waals surface area contributed by atoms with E-state index in [0.717, 1.165) is 6.42 Å². The predicted octanol–water partition coefficient (Wildman–Crippen LogP) is 2.99. The fraction of sp³-hybridized carbons (Fsp3) is 0.778. The molecule has 3 heteroatoms. The summed E-state index contributed by atoms with van der Waals surface area (Å²) in [6.07, 6.45) is 2.79. The monoisotopic (exact) mass is 176 g/mol. The summed E-state index contributed by atoms with van der Waals surface area (Å²) in [5.74, 6) is 1.08. The summed E-state index contributed by atoms with van der Waals surface area (Å²) >= 11 is 0. The summed E-state index contributed by atoms with van der Waals surface area (Å²) in [5.41, 5.74) is 0. The highest BCUT2D eigenvalue weighted by atomic mass is 19.4. The Balaban J connectivity index is 2.53. The lowest BCUT2D eigenvalue weighted by atomic mass is 9.81. The van der Waals surface area contributed by atoms with Gasteiger partial charge < -0.3 is 0 Å². The van der Waals surface area contributed by atoms with Gasteiger partial charge in [0.1, 0.15) is 0 Å². The van der Waals surface area contributed by atoms with Crippen LogP contribution in [0, 0.1) is 24.2 Å². The van der Waals surface area contributed by atoms with Crippen molar-refractivity contribution in [1.82, 2.24) is 0 Å². The van der Waals surface area contributed by atoms with Gasteiger partial charge in [0, 0.05) is 5.92 Å². The largest absolute Gasteiger partial charge is 0.391 e. The zero-order valence-electron chi connectivity index (χ0n) is 6.69. The van der Waals surface area contributed by atoms with Crippen LogP contribution in [-0.4, -0.2) is 6.18 Å². The maximum absolute atomic E-state index is 12.2. The Morgan fingerprint density at radius 3 is 2.42 bits per heavy atom. The third kappa shape index (κ3) is 2.17. The van der Waals surface area contributed by atoms with Crippen molar-refractivity contribution in [2.24, 2.45) is 11.8 Å². The fourth-order valence-electron chi connectivity index (χ4n) is 1.64. The van der Waals surface area contributed by atoms with Crippen LogP contribution in [0.25, 0.3) is 0 Å². The predicted molar refractivity (Wildman–Crippen MR) is 40.3 cm³/mol. The molecule has 1 rings (SSSR count). The Hall–Kier alpha value is -0.650. The molecule has 1 fully saturated rings. The van der Waals surface area contributed by atoms with Crippen molar-refractivity contribution < 1.29 is 13.2 Å². The van der Waals surface area contributed by atoms with Crippen molar-refractivity contribution in [1.29, 1.82) is 0 Å². The van der Waals surface area contributed by atoms with Crippen molar-refractivity contribution >= 4 is 0 Å². The van der Waals surface area contributed by atoms with Gasteiger partial charge >= 0.3 is 6.18 Å². The van der Waals surface area contributed by atoms with Crippen LogP contribution in [-0.2, 0) is 0 Å². The van der Waals surface area contributed by atoms with E-state index in [0.29, 0.717) is 6.42 Å². The summed E-state index contributed by atoms with van der Waals surface area (Å²) in [6.45, 7) is 0. The van der Waals surface area contributed by atoms with E-state index in [4.69, 9.17) is 6.42 Å². The molecule has 0 aromatic carbocycles. The van der Waals surface area contributed by atoms with Gasteiger partial charge in [-0.3, -0.25) is 0 Å². The van der Waals surface area contributed by atoms with Gasteiger partial charge in [-0.25, -0.2) is 0 Å². The standard InChI is InChI=1S/C9H11F3/c1-2-7-4-3-5-8(6-7)9(10,11)12/h1,7-8H,3-6H2. The quantitative estimate of drug-likeness (QED) is 0.498. The molecule has 1 aliphatic rings. The van der Waals surface area contributed by atoms with Gasteiger partial charge in [-0.05, 0) is 19.3 Å². The van der Waals surface area contributed by atoms with E-state index in [1.54, 1.807) is 0 Å². The maximum Gasteiger partial charge on any atom is 0.391 e. The van der Waals surface area contributed by atoms with Crippen LogP contribution in [0.2, 0.25) is 0 Å². The zero-order valence-corrected chi connectivity index (χ0v) is 6.69. The number of terminal acetylenes is 1. The second-order valence-corrected chi connectivity index (χ2v) is 3.27. The van der Waals surface area contributed by atoms with E-state index in [-0.39, 0.29) is 18.8 Å². The van der Waals surface area contributed by atoms with E-state index in [9.17, 15) is 13.2 Å². The highest BCUT2D eigenvalue weighted by Crippen LogP contribution is 2.39. The number of halogens is 3. The first-order valence-corrected chi connectivity index (χ1v) is 4.07. The second kappa shape index (κ2) is 3.38. The number of hydrogen-bond donors (Lipinski definition) is 0. The minimum atomic E-state index is -4.05. The molecule has 0 nitrogen and oxygen atoms in total. The van der Waals surface area contributed by atoms with Gasteiger partial charge in [0.05, 0.1) is 5.92 Å². The van der Waals surface area contributed by atoms with Gasteiger partial charge in [-0.1, -0.05) is 6.42 Å². The Labute approximate surface area is 70.1 Å². The molecule has 1 saturated carbocycles. The van der Waals surface area contributed by atoms with E-state index in [1.807, 2.05) is 0 Å². The van der Waals surface area contributed by atoms with Crippen molar-refractivity contribution in [3.05, 3.63) is 0 Å². The summed E-state index contributed by atoms with van der Waals surface area (Å²) in [5, 5.41) is 0. The first-order chi connectivity index (χ1) is 5.54. The Kier molecular flexibility index (Phi) is 2.66. The molecule has 0 N–H and O–H groups in total. The molecule has 12 heavy (non-hydrogen) atoms. The Bertz CT molecular complexity index is 187. The van der Waals surface area contributed by atoms with Crippen LogP contribution < -0.4 is 0 Å². The highest BCUT2D eigenvalue weighted by molar-refractivity contribution is 4.96. The number of hydrogen-bond acceptors (Lipinski definition) is 0. The van der Waals surface area contributed by atoms with Gasteiger partial charge in [0.15, 0.2) is 0 Å². The first-order valence-electron chi connectivity index (χ1n) is 4.07. The molecule has 2 atom stereocenters. The summed E-state index contributed by atoms with van der Waals surface area (Å²) in [4.78, 5) is 0. The Morgan fingerprint density at radius 1 is 1.25 bits per heavy atom. The minimum absolute atomic E-state index is 0.125. The third-order valence-electron chi connectivity index (χ3n) is 2.37. The van der Waals surface area contributed by atoms with Gasteiger partial charge in [-0.2, -0.15) is 13.2 Å². The van der Waals surface area contributed by atoms with Crippen LogP contribution in [0.5, 0.6) is 0 Å². The lowest BCUT2D eigenvalue weighted by Crippen LogP contribution is -2.28. The van der Waals surface area contributed by atoms with Crippen LogP contribution in [0.4, 0.5) is 13.2 Å². The summed E-state index contributed by atoms with van der Waals surface area (Å²) in [6, 6.07) is 0. The molecule has 0 spiro atoms. The topological polar surface area (TPSA) is 0 Å². The van der Waals surface area contributed by atoms with Gasteiger partial charge in [0.2, 0.25) is 0 Å². The lowest BCUT2D eigenvalue weighted by molar-refractivity contribution is -0.184. The molecule has 0 aromatic rings.